The zero-order chi connectivity index (χ0) is 17.5. The van der Waals surface area contributed by atoms with Crippen molar-refractivity contribution in [3.63, 3.8) is 0 Å². The molecule has 4 heterocycles. The second kappa shape index (κ2) is 6.37. The van der Waals surface area contributed by atoms with Gasteiger partial charge < -0.3 is 0 Å². The van der Waals surface area contributed by atoms with Gasteiger partial charge in [-0.05, 0) is 41.6 Å². The first-order valence-electron chi connectivity index (χ1n) is 8.34. The quantitative estimate of drug-likeness (QED) is 0.696. The molecule has 8 heteroatoms. The summed E-state index contributed by atoms with van der Waals surface area (Å²) in [4.78, 5) is 5.49. The van der Waals surface area contributed by atoms with Crippen LogP contribution in [0.25, 0.3) is 16.3 Å². The Morgan fingerprint density at radius 3 is 3.08 bits per heavy atom. The Morgan fingerprint density at radius 2 is 2.19 bits per heavy atom. The van der Waals surface area contributed by atoms with Gasteiger partial charge in [0.2, 0.25) is 0 Å². The van der Waals surface area contributed by atoms with Gasteiger partial charge in [-0.1, -0.05) is 12.2 Å². The molecule has 6 nitrogen and oxygen atoms in total. The minimum absolute atomic E-state index is 0.346. The second-order valence-corrected chi connectivity index (χ2v) is 8.21. The molecule has 0 radical (unpaired) electrons. The van der Waals surface area contributed by atoms with Crippen LogP contribution in [-0.4, -0.2) is 44.6 Å². The molecule has 130 valence electrons. The lowest BCUT2D eigenvalue weighted by molar-refractivity contribution is 0.373. The highest BCUT2D eigenvalue weighted by Crippen LogP contribution is 2.31. The summed E-state index contributed by atoms with van der Waals surface area (Å²) in [5, 5.41) is 16.0. The summed E-state index contributed by atoms with van der Waals surface area (Å²) in [6.07, 6.45) is 8.46. The number of hydrogen-bond acceptors (Lipinski definition) is 7. The molecule has 26 heavy (non-hydrogen) atoms. The van der Waals surface area contributed by atoms with Gasteiger partial charge in [-0.2, -0.15) is 5.10 Å². The normalized spacial score (nSPS) is 19.0. The first-order chi connectivity index (χ1) is 12.8. The van der Waals surface area contributed by atoms with Crippen molar-refractivity contribution in [2.45, 2.75) is 16.6 Å². The summed E-state index contributed by atoms with van der Waals surface area (Å²) in [5.74, 6) is 1.24. The smallest absolute Gasteiger partial charge is 0.196 e. The lowest BCUT2D eigenvalue weighted by Gasteiger charge is -2.11. The highest BCUT2D eigenvalue weighted by Gasteiger charge is 2.20. The van der Waals surface area contributed by atoms with E-state index in [9.17, 15) is 0 Å². The molecule has 5 rings (SSSR count). The van der Waals surface area contributed by atoms with Crippen molar-refractivity contribution in [2.24, 2.45) is 11.0 Å². The number of hydrazone groups is 1. The fourth-order valence-electron chi connectivity index (χ4n) is 3.15. The third kappa shape index (κ3) is 2.85. The zero-order valence-corrected chi connectivity index (χ0v) is 15.7. The highest BCUT2D eigenvalue weighted by molar-refractivity contribution is 7.99. The van der Waals surface area contributed by atoms with Crippen LogP contribution in [0.2, 0.25) is 0 Å². The average molecular weight is 381 g/mol. The molecule has 1 atom stereocenters. The molecule has 0 bridgehead atoms. The minimum Gasteiger partial charge on any atom is -0.299 e. The molecular formula is C18H16N6S2. The van der Waals surface area contributed by atoms with Crippen molar-refractivity contribution in [1.82, 2.24) is 24.8 Å². The third-order valence-corrected chi connectivity index (χ3v) is 6.29. The summed E-state index contributed by atoms with van der Waals surface area (Å²) >= 11 is 3.30. The van der Waals surface area contributed by atoms with Crippen LogP contribution in [-0.2, 0) is 6.54 Å². The molecule has 1 unspecified atom stereocenters. The lowest BCUT2D eigenvalue weighted by atomic mass is 10.00. The molecule has 0 fully saturated rings. The number of nitrogens with zero attached hydrogens (tertiary/aromatic N) is 6. The first kappa shape index (κ1) is 15.8. The molecule has 2 aromatic heterocycles. The molecule has 0 amide bonds. The molecular weight excluding hydrogens is 364 g/mol. The number of thiazole rings is 1. The van der Waals surface area contributed by atoms with Gasteiger partial charge in [-0.15, -0.1) is 21.5 Å². The summed E-state index contributed by atoms with van der Waals surface area (Å²) in [6, 6.07) is 6.31. The molecule has 0 spiro atoms. The molecule has 3 aromatic rings. The van der Waals surface area contributed by atoms with E-state index in [1.807, 2.05) is 23.8 Å². The van der Waals surface area contributed by atoms with Gasteiger partial charge in [0.25, 0.3) is 0 Å². The van der Waals surface area contributed by atoms with Gasteiger partial charge >= 0.3 is 0 Å². The van der Waals surface area contributed by atoms with Crippen molar-refractivity contribution in [3.05, 3.63) is 47.3 Å². The van der Waals surface area contributed by atoms with Gasteiger partial charge in [0.1, 0.15) is 0 Å². The molecule has 0 N–H and O–H groups in total. The standard InChI is InChI=1S/C18H16N6S2/c1-23-10-13(9-20-23)12-2-5-17-21-22-18(24(17)7-6-12)26-14-3-4-15-16(8-14)25-11-19-15/h2-6,8-9,11,13H,7,10H2,1H3. The molecule has 0 aliphatic carbocycles. The van der Waals surface area contributed by atoms with Crippen LogP contribution >= 0.6 is 23.1 Å². The van der Waals surface area contributed by atoms with E-state index in [-0.39, 0.29) is 0 Å². The van der Waals surface area contributed by atoms with Crippen LogP contribution in [0.1, 0.15) is 5.82 Å². The topological polar surface area (TPSA) is 59.2 Å². The van der Waals surface area contributed by atoms with Crippen LogP contribution in [0.5, 0.6) is 0 Å². The van der Waals surface area contributed by atoms with Crippen LogP contribution in [0.15, 0.2) is 56.6 Å². The Balaban J connectivity index is 1.41. The van der Waals surface area contributed by atoms with Gasteiger partial charge in [0.15, 0.2) is 11.0 Å². The predicted molar refractivity (Wildman–Crippen MR) is 105 cm³/mol. The maximum atomic E-state index is 4.39. The van der Waals surface area contributed by atoms with Crippen molar-refractivity contribution < 1.29 is 0 Å². The van der Waals surface area contributed by atoms with Gasteiger partial charge in [-0.25, -0.2) is 4.98 Å². The fraction of sp³-hybridized carbons (Fsp3) is 0.222. The SMILES string of the molecule is CN1CC(C2=CCn3c(nnc3Sc3ccc4ncsc4c3)C=C2)C=N1. The molecule has 1 aromatic carbocycles. The lowest BCUT2D eigenvalue weighted by Crippen LogP contribution is -2.14. The number of hydrogen-bond donors (Lipinski definition) is 0. The van der Waals surface area contributed by atoms with Gasteiger partial charge in [-0.3, -0.25) is 9.58 Å². The summed E-state index contributed by atoms with van der Waals surface area (Å²) in [6.45, 7) is 1.69. The van der Waals surface area contributed by atoms with Crippen molar-refractivity contribution in [1.29, 1.82) is 0 Å². The number of allylic oxidation sites excluding steroid dienone is 2. The molecule has 0 saturated heterocycles. The van der Waals surface area contributed by atoms with Crippen LogP contribution < -0.4 is 0 Å². The van der Waals surface area contributed by atoms with E-state index in [0.717, 1.165) is 34.5 Å². The number of fused-ring (bicyclic) bond motifs is 2. The van der Waals surface area contributed by atoms with Crippen LogP contribution in [0.3, 0.4) is 0 Å². The van der Waals surface area contributed by atoms with E-state index < -0.39 is 0 Å². The Labute approximate surface area is 158 Å². The van der Waals surface area contributed by atoms with E-state index in [2.05, 4.69) is 61.3 Å². The van der Waals surface area contributed by atoms with Gasteiger partial charge in [0, 0.05) is 37.2 Å². The zero-order valence-electron chi connectivity index (χ0n) is 14.1. The second-order valence-electron chi connectivity index (χ2n) is 6.28. The van der Waals surface area contributed by atoms with Crippen molar-refractivity contribution in [3.8, 4) is 0 Å². The maximum absolute atomic E-state index is 4.39. The first-order valence-corrected chi connectivity index (χ1v) is 10.0. The summed E-state index contributed by atoms with van der Waals surface area (Å²) < 4.78 is 3.35. The van der Waals surface area contributed by atoms with Crippen molar-refractivity contribution >= 4 is 45.6 Å². The average Bonchev–Trinajstić information content (AvgIpc) is 3.33. The largest absolute Gasteiger partial charge is 0.299 e. The monoisotopic (exact) mass is 380 g/mol. The van der Waals surface area contributed by atoms with Crippen LogP contribution in [0.4, 0.5) is 0 Å². The molecule has 2 aliphatic rings. The number of rotatable bonds is 3. The van der Waals surface area contributed by atoms with E-state index in [4.69, 9.17) is 0 Å². The minimum atomic E-state index is 0.346. The summed E-state index contributed by atoms with van der Waals surface area (Å²) in [5.41, 5.74) is 4.20. The number of benzene rings is 1. The molecule has 2 aliphatic heterocycles. The Hall–Kier alpha value is -2.45. The van der Waals surface area contributed by atoms with Gasteiger partial charge in [0.05, 0.1) is 15.7 Å². The summed E-state index contributed by atoms with van der Waals surface area (Å²) in [7, 11) is 2.00. The Bertz CT molecular complexity index is 1060. The van der Waals surface area contributed by atoms with E-state index >= 15 is 0 Å². The maximum Gasteiger partial charge on any atom is 0.196 e. The third-order valence-electron chi connectivity index (χ3n) is 4.52. The fourth-order valence-corrected chi connectivity index (χ4v) is 4.82. The predicted octanol–water partition coefficient (Wildman–Crippen LogP) is 3.54. The Kier molecular flexibility index (Phi) is 3.86. The van der Waals surface area contributed by atoms with E-state index in [1.54, 1.807) is 23.1 Å². The van der Waals surface area contributed by atoms with E-state index in [1.165, 1.54) is 10.3 Å². The van der Waals surface area contributed by atoms with Crippen LogP contribution in [0, 0.1) is 5.92 Å². The Morgan fingerprint density at radius 1 is 1.23 bits per heavy atom. The van der Waals surface area contributed by atoms with E-state index in [0.29, 0.717) is 5.92 Å². The molecule has 0 saturated carbocycles. The highest BCUT2D eigenvalue weighted by atomic mass is 32.2. The van der Waals surface area contributed by atoms with Crippen molar-refractivity contribution in [2.75, 3.05) is 13.6 Å². The number of aromatic nitrogens is 4.